The number of aliphatic hydroxyl groups is 1. The van der Waals surface area contributed by atoms with Gasteiger partial charge in [-0.25, -0.2) is 0 Å². The van der Waals surface area contributed by atoms with Crippen LogP contribution in [0.5, 0.6) is 0 Å². The maximum atomic E-state index is 10.1. The largest absolute Gasteiger partial charge is 0.389 e. The van der Waals surface area contributed by atoms with E-state index in [4.69, 9.17) is 9.47 Å². The van der Waals surface area contributed by atoms with Gasteiger partial charge in [-0.05, 0) is 13.3 Å². The van der Waals surface area contributed by atoms with Crippen molar-refractivity contribution in [2.24, 2.45) is 11.8 Å². The third-order valence-electron chi connectivity index (χ3n) is 3.43. The molecule has 74 valence electrons. The molecule has 13 heavy (non-hydrogen) atoms. The predicted octanol–water partition coefficient (Wildman–Crippen LogP) is 0.932. The first-order valence-electron chi connectivity index (χ1n) is 4.58. The van der Waals surface area contributed by atoms with E-state index in [0.29, 0.717) is 0 Å². The Balaban J connectivity index is 2.37. The van der Waals surface area contributed by atoms with Gasteiger partial charge in [-0.3, -0.25) is 0 Å². The van der Waals surface area contributed by atoms with Crippen LogP contribution in [-0.2, 0) is 9.47 Å². The van der Waals surface area contributed by atoms with E-state index in [1.54, 1.807) is 14.2 Å². The smallest absolute Gasteiger partial charge is 0.182 e. The molecule has 0 heterocycles. The van der Waals surface area contributed by atoms with Crippen molar-refractivity contribution >= 4 is 0 Å². The Labute approximate surface area is 78.3 Å². The molecule has 2 rings (SSSR count). The van der Waals surface area contributed by atoms with Gasteiger partial charge in [0, 0.05) is 20.1 Å². The molecule has 0 unspecified atom stereocenters. The van der Waals surface area contributed by atoms with E-state index in [1.807, 2.05) is 13.0 Å². The summed E-state index contributed by atoms with van der Waals surface area (Å²) in [6, 6.07) is 0. The van der Waals surface area contributed by atoms with Crippen molar-refractivity contribution in [2.45, 2.75) is 24.7 Å². The molecule has 0 aromatic rings. The van der Waals surface area contributed by atoms with Gasteiger partial charge in [0.05, 0.1) is 11.5 Å². The zero-order valence-electron chi connectivity index (χ0n) is 8.28. The first kappa shape index (κ1) is 9.19. The molecule has 2 bridgehead atoms. The summed E-state index contributed by atoms with van der Waals surface area (Å²) in [5, 5.41) is 10.1. The standard InChI is InChI=1S/C10H16O3/c1-9(11)6-7-4-5-8(9)10(7,12-2)13-3/h4-5,7-8,11H,6H2,1-3H3/t7-,8+,9-/m1/s1. The lowest BCUT2D eigenvalue weighted by molar-refractivity contribution is -0.239. The van der Waals surface area contributed by atoms with Gasteiger partial charge in [-0.15, -0.1) is 0 Å². The average molecular weight is 184 g/mol. The van der Waals surface area contributed by atoms with Gasteiger partial charge in [0.25, 0.3) is 0 Å². The van der Waals surface area contributed by atoms with Gasteiger partial charge in [-0.1, -0.05) is 12.2 Å². The Morgan fingerprint density at radius 2 is 1.92 bits per heavy atom. The molecule has 3 heteroatoms. The molecular formula is C10H16O3. The fraction of sp³-hybridized carbons (Fsp3) is 0.800. The number of hydrogen-bond donors (Lipinski definition) is 1. The van der Waals surface area contributed by atoms with Gasteiger partial charge in [0.2, 0.25) is 0 Å². The van der Waals surface area contributed by atoms with Crippen LogP contribution in [0.4, 0.5) is 0 Å². The topological polar surface area (TPSA) is 38.7 Å². The minimum Gasteiger partial charge on any atom is -0.389 e. The average Bonchev–Trinajstić information content (AvgIpc) is 2.52. The fourth-order valence-electron chi connectivity index (χ4n) is 2.81. The lowest BCUT2D eigenvalue weighted by Gasteiger charge is -2.33. The highest BCUT2D eigenvalue weighted by Crippen LogP contribution is 2.54. The predicted molar refractivity (Wildman–Crippen MR) is 48.1 cm³/mol. The van der Waals surface area contributed by atoms with E-state index in [1.165, 1.54) is 0 Å². The first-order valence-corrected chi connectivity index (χ1v) is 4.58. The van der Waals surface area contributed by atoms with E-state index in [2.05, 4.69) is 6.08 Å². The summed E-state index contributed by atoms with van der Waals surface area (Å²) in [6.07, 6.45) is 4.80. The molecule has 0 aliphatic heterocycles. The van der Waals surface area contributed by atoms with Gasteiger partial charge in [0.1, 0.15) is 0 Å². The van der Waals surface area contributed by atoms with E-state index >= 15 is 0 Å². The number of ether oxygens (including phenoxy) is 2. The van der Waals surface area contributed by atoms with Crippen LogP contribution in [0.15, 0.2) is 12.2 Å². The van der Waals surface area contributed by atoms with Gasteiger partial charge >= 0.3 is 0 Å². The molecule has 0 aromatic heterocycles. The lowest BCUT2D eigenvalue weighted by atomic mass is 9.90. The molecule has 0 radical (unpaired) electrons. The van der Waals surface area contributed by atoms with Crippen LogP contribution in [0.25, 0.3) is 0 Å². The maximum Gasteiger partial charge on any atom is 0.182 e. The number of fused-ring (bicyclic) bond motifs is 2. The summed E-state index contributed by atoms with van der Waals surface area (Å²) < 4.78 is 10.9. The second-order valence-electron chi connectivity index (χ2n) is 4.16. The van der Waals surface area contributed by atoms with Crippen LogP contribution >= 0.6 is 0 Å². The normalized spacial score (nSPS) is 45.8. The second-order valence-corrected chi connectivity index (χ2v) is 4.16. The molecule has 3 nitrogen and oxygen atoms in total. The van der Waals surface area contributed by atoms with Gasteiger partial charge in [0.15, 0.2) is 5.79 Å². The number of rotatable bonds is 2. The van der Waals surface area contributed by atoms with Gasteiger partial charge in [-0.2, -0.15) is 0 Å². The summed E-state index contributed by atoms with van der Waals surface area (Å²) in [7, 11) is 3.27. The van der Waals surface area contributed by atoms with Crippen molar-refractivity contribution in [1.82, 2.24) is 0 Å². The zero-order valence-corrected chi connectivity index (χ0v) is 8.28. The summed E-state index contributed by atoms with van der Waals surface area (Å²) >= 11 is 0. The Morgan fingerprint density at radius 1 is 1.31 bits per heavy atom. The summed E-state index contributed by atoms with van der Waals surface area (Å²) in [4.78, 5) is 0. The quantitative estimate of drug-likeness (QED) is 0.512. The highest BCUT2D eigenvalue weighted by Gasteiger charge is 2.62. The number of hydrogen-bond acceptors (Lipinski definition) is 3. The summed E-state index contributed by atoms with van der Waals surface area (Å²) in [5.74, 6) is -0.480. The van der Waals surface area contributed by atoms with Crippen molar-refractivity contribution in [2.75, 3.05) is 14.2 Å². The van der Waals surface area contributed by atoms with Crippen LogP contribution in [0, 0.1) is 11.8 Å². The van der Waals surface area contributed by atoms with E-state index in [-0.39, 0.29) is 11.8 Å². The van der Waals surface area contributed by atoms with Crippen LogP contribution in [0.3, 0.4) is 0 Å². The SMILES string of the molecule is COC1(OC)[C@@H]2C=C[C@H]1[C@](C)(O)C2. The molecule has 0 aromatic carbocycles. The van der Waals surface area contributed by atoms with Crippen molar-refractivity contribution in [3.05, 3.63) is 12.2 Å². The third-order valence-corrected chi connectivity index (χ3v) is 3.43. The summed E-state index contributed by atoms with van der Waals surface area (Å²) in [6.45, 7) is 1.84. The first-order chi connectivity index (χ1) is 6.07. The molecule has 1 fully saturated rings. The highest BCUT2D eigenvalue weighted by molar-refractivity contribution is 5.24. The molecular weight excluding hydrogens is 168 g/mol. The number of methoxy groups -OCH3 is 2. The Bertz CT molecular complexity index is 241. The Kier molecular flexibility index (Phi) is 1.81. The molecule has 0 spiro atoms. The van der Waals surface area contributed by atoms with E-state index in [0.717, 1.165) is 6.42 Å². The molecule has 1 saturated carbocycles. The Morgan fingerprint density at radius 3 is 2.15 bits per heavy atom. The van der Waals surface area contributed by atoms with Crippen molar-refractivity contribution in [3.63, 3.8) is 0 Å². The molecule has 0 amide bonds. The minimum atomic E-state index is -0.689. The zero-order chi connectivity index (χ0) is 9.69. The van der Waals surface area contributed by atoms with E-state index in [9.17, 15) is 5.11 Å². The molecule has 1 N–H and O–H groups in total. The maximum absolute atomic E-state index is 10.1. The molecule has 2 aliphatic rings. The van der Waals surface area contributed by atoms with Crippen molar-refractivity contribution < 1.29 is 14.6 Å². The van der Waals surface area contributed by atoms with Crippen LogP contribution < -0.4 is 0 Å². The monoisotopic (exact) mass is 184 g/mol. The minimum absolute atomic E-state index is 0.0417. The molecule has 2 aliphatic carbocycles. The second kappa shape index (κ2) is 2.56. The Hall–Kier alpha value is -0.380. The van der Waals surface area contributed by atoms with Crippen LogP contribution in [0.1, 0.15) is 13.3 Å². The molecule has 3 atom stereocenters. The fourth-order valence-corrected chi connectivity index (χ4v) is 2.81. The van der Waals surface area contributed by atoms with Crippen molar-refractivity contribution in [1.29, 1.82) is 0 Å². The van der Waals surface area contributed by atoms with Crippen molar-refractivity contribution in [3.8, 4) is 0 Å². The molecule has 0 saturated heterocycles. The highest BCUT2D eigenvalue weighted by atomic mass is 16.7. The van der Waals surface area contributed by atoms with Crippen LogP contribution in [0.2, 0.25) is 0 Å². The van der Waals surface area contributed by atoms with Crippen LogP contribution in [-0.4, -0.2) is 30.7 Å². The third kappa shape index (κ3) is 0.951. The summed E-state index contributed by atoms with van der Waals surface area (Å²) in [5.41, 5.74) is -0.689. The van der Waals surface area contributed by atoms with E-state index < -0.39 is 11.4 Å². The lowest BCUT2D eigenvalue weighted by Crippen LogP contribution is -2.44. The van der Waals surface area contributed by atoms with Gasteiger partial charge < -0.3 is 14.6 Å².